The zero-order valence-corrected chi connectivity index (χ0v) is 10.00. The molecule has 1 aromatic rings. The molecule has 3 heteroatoms. The number of nitrogens with one attached hydrogen (secondary N) is 1. The number of aryl methyl sites for hydroxylation is 1. The summed E-state index contributed by atoms with van der Waals surface area (Å²) in [4.78, 5) is 0. The smallest absolute Gasteiger partial charge is 0.0824 e. The van der Waals surface area contributed by atoms with Crippen LogP contribution < -0.4 is 0 Å². The molecule has 1 N–H and O–H groups in total. The summed E-state index contributed by atoms with van der Waals surface area (Å²) in [5.41, 5.74) is 1.09. The van der Waals surface area contributed by atoms with Crippen molar-refractivity contribution in [2.24, 2.45) is 5.92 Å². The second-order valence-electron chi connectivity index (χ2n) is 4.66. The van der Waals surface area contributed by atoms with E-state index < -0.39 is 0 Å². The van der Waals surface area contributed by atoms with E-state index in [1.807, 2.05) is 6.20 Å². The van der Waals surface area contributed by atoms with Crippen molar-refractivity contribution in [2.45, 2.75) is 58.8 Å². The van der Waals surface area contributed by atoms with E-state index in [0.717, 1.165) is 18.0 Å². The standard InChI is InChI=1S/C12H23N3/c1-11(2)8-6-4-3-5-7-9-12-10-13-15-14-12/h10-11H,3-9H2,1-2H3,(H,13,14,15). The highest BCUT2D eigenvalue weighted by atomic mass is 15.3. The Hall–Kier alpha value is -0.860. The normalized spacial score (nSPS) is 11.1. The van der Waals surface area contributed by atoms with Crippen LogP contribution in [0, 0.1) is 5.92 Å². The van der Waals surface area contributed by atoms with Crippen molar-refractivity contribution in [1.29, 1.82) is 0 Å². The van der Waals surface area contributed by atoms with Gasteiger partial charge in [0.25, 0.3) is 0 Å². The van der Waals surface area contributed by atoms with Crippen molar-refractivity contribution in [2.75, 3.05) is 0 Å². The largest absolute Gasteiger partial charge is 0.198 e. The summed E-state index contributed by atoms with van der Waals surface area (Å²) < 4.78 is 0. The maximum atomic E-state index is 4.04. The third-order valence-corrected chi connectivity index (χ3v) is 2.68. The van der Waals surface area contributed by atoms with Gasteiger partial charge >= 0.3 is 0 Å². The second-order valence-corrected chi connectivity index (χ2v) is 4.66. The van der Waals surface area contributed by atoms with E-state index >= 15 is 0 Å². The Bertz CT molecular complexity index is 229. The van der Waals surface area contributed by atoms with Crippen molar-refractivity contribution in [1.82, 2.24) is 15.4 Å². The molecule has 0 saturated heterocycles. The van der Waals surface area contributed by atoms with E-state index in [9.17, 15) is 0 Å². The zero-order valence-electron chi connectivity index (χ0n) is 10.00. The Morgan fingerprint density at radius 3 is 2.53 bits per heavy atom. The molecule has 0 spiro atoms. The van der Waals surface area contributed by atoms with E-state index in [1.165, 1.54) is 38.5 Å². The average molecular weight is 209 g/mol. The fourth-order valence-electron chi connectivity index (χ4n) is 1.73. The van der Waals surface area contributed by atoms with Crippen LogP contribution in [0.3, 0.4) is 0 Å². The Kier molecular flexibility index (Phi) is 6.05. The third kappa shape index (κ3) is 6.26. The molecule has 0 aromatic carbocycles. The number of hydrogen-bond acceptors (Lipinski definition) is 2. The van der Waals surface area contributed by atoms with E-state index in [4.69, 9.17) is 0 Å². The predicted molar refractivity (Wildman–Crippen MR) is 62.6 cm³/mol. The first-order valence-corrected chi connectivity index (χ1v) is 6.13. The van der Waals surface area contributed by atoms with Gasteiger partial charge in [0, 0.05) is 0 Å². The molecular formula is C12H23N3. The Balaban J connectivity index is 1.85. The van der Waals surface area contributed by atoms with Crippen LogP contribution in [-0.4, -0.2) is 15.4 Å². The summed E-state index contributed by atoms with van der Waals surface area (Å²) in [7, 11) is 0. The van der Waals surface area contributed by atoms with Crippen LogP contribution in [0.5, 0.6) is 0 Å². The molecule has 0 saturated carbocycles. The monoisotopic (exact) mass is 209 g/mol. The number of H-pyrrole nitrogens is 1. The maximum Gasteiger partial charge on any atom is 0.0824 e. The van der Waals surface area contributed by atoms with E-state index in [-0.39, 0.29) is 0 Å². The molecule has 0 aliphatic rings. The summed E-state index contributed by atoms with van der Waals surface area (Å²) in [6, 6.07) is 0. The Morgan fingerprint density at radius 2 is 1.87 bits per heavy atom. The minimum absolute atomic E-state index is 0.861. The van der Waals surface area contributed by atoms with Crippen LogP contribution in [0.2, 0.25) is 0 Å². The molecule has 1 heterocycles. The van der Waals surface area contributed by atoms with Crippen molar-refractivity contribution >= 4 is 0 Å². The first-order chi connectivity index (χ1) is 7.29. The molecule has 0 fully saturated rings. The molecule has 0 amide bonds. The Morgan fingerprint density at radius 1 is 1.13 bits per heavy atom. The highest BCUT2D eigenvalue weighted by Gasteiger charge is 1.97. The zero-order chi connectivity index (χ0) is 10.9. The van der Waals surface area contributed by atoms with Crippen LogP contribution in [0.4, 0.5) is 0 Å². The van der Waals surface area contributed by atoms with Gasteiger partial charge in [0.05, 0.1) is 11.9 Å². The third-order valence-electron chi connectivity index (χ3n) is 2.68. The summed E-state index contributed by atoms with van der Waals surface area (Å²) in [5.74, 6) is 0.861. The second kappa shape index (κ2) is 7.43. The summed E-state index contributed by atoms with van der Waals surface area (Å²) in [6.45, 7) is 4.59. The molecule has 1 aromatic heterocycles. The fourth-order valence-corrected chi connectivity index (χ4v) is 1.73. The van der Waals surface area contributed by atoms with Crippen LogP contribution in [-0.2, 0) is 6.42 Å². The van der Waals surface area contributed by atoms with Gasteiger partial charge < -0.3 is 0 Å². The molecule has 86 valence electrons. The van der Waals surface area contributed by atoms with E-state index in [1.54, 1.807) is 0 Å². The predicted octanol–water partition coefficient (Wildman–Crippen LogP) is 3.34. The van der Waals surface area contributed by atoms with Gasteiger partial charge in [-0.05, 0) is 18.8 Å². The van der Waals surface area contributed by atoms with Crippen molar-refractivity contribution in [3.8, 4) is 0 Å². The van der Waals surface area contributed by atoms with Gasteiger partial charge in [0.1, 0.15) is 0 Å². The van der Waals surface area contributed by atoms with Crippen molar-refractivity contribution < 1.29 is 0 Å². The number of unbranched alkanes of at least 4 members (excludes halogenated alkanes) is 4. The lowest BCUT2D eigenvalue weighted by molar-refractivity contribution is 0.514. The number of nitrogens with zero attached hydrogens (tertiary/aromatic N) is 2. The average Bonchev–Trinajstić information content (AvgIpc) is 2.68. The molecule has 0 bridgehead atoms. The topological polar surface area (TPSA) is 41.6 Å². The van der Waals surface area contributed by atoms with Crippen LogP contribution >= 0.6 is 0 Å². The molecule has 0 aliphatic carbocycles. The first kappa shape index (κ1) is 12.2. The minimum atomic E-state index is 0.861. The molecule has 15 heavy (non-hydrogen) atoms. The maximum absolute atomic E-state index is 4.04. The molecule has 1 rings (SSSR count). The lowest BCUT2D eigenvalue weighted by atomic mass is 10.0. The number of hydrogen-bond donors (Lipinski definition) is 1. The van der Waals surface area contributed by atoms with E-state index in [0.29, 0.717) is 0 Å². The number of rotatable bonds is 8. The molecular weight excluding hydrogens is 186 g/mol. The van der Waals surface area contributed by atoms with Gasteiger partial charge in [-0.15, -0.1) is 0 Å². The highest BCUT2D eigenvalue weighted by molar-refractivity contribution is 4.89. The number of aromatic nitrogens is 3. The molecule has 0 unspecified atom stereocenters. The van der Waals surface area contributed by atoms with Crippen LogP contribution in [0.25, 0.3) is 0 Å². The van der Waals surface area contributed by atoms with E-state index in [2.05, 4.69) is 29.3 Å². The number of aromatic amines is 1. The van der Waals surface area contributed by atoms with Crippen LogP contribution in [0.1, 0.15) is 58.1 Å². The molecule has 0 aliphatic heterocycles. The lowest BCUT2D eigenvalue weighted by Gasteiger charge is -2.03. The minimum Gasteiger partial charge on any atom is -0.198 e. The highest BCUT2D eigenvalue weighted by Crippen LogP contribution is 2.11. The molecule has 0 radical (unpaired) electrons. The molecule has 0 atom stereocenters. The molecule has 3 nitrogen and oxygen atoms in total. The van der Waals surface area contributed by atoms with Crippen molar-refractivity contribution in [3.63, 3.8) is 0 Å². The van der Waals surface area contributed by atoms with Gasteiger partial charge in [0.15, 0.2) is 0 Å². The van der Waals surface area contributed by atoms with Crippen molar-refractivity contribution in [3.05, 3.63) is 11.9 Å². The van der Waals surface area contributed by atoms with Gasteiger partial charge in [-0.3, -0.25) is 0 Å². The quantitative estimate of drug-likeness (QED) is 0.667. The van der Waals surface area contributed by atoms with Gasteiger partial charge in [-0.1, -0.05) is 46.0 Å². The summed E-state index contributed by atoms with van der Waals surface area (Å²) in [6.07, 6.45) is 11.0. The first-order valence-electron chi connectivity index (χ1n) is 6.13. The summed E-state index contributed by atoms with van der Waals surface area (Å²) in [5, 5.41) is 10.5. The summed E-state index contributed by atoms with van der Waals surface area (Å²) >= 11 is 0. The Labute approximate surface area is 92.7 Å². The SMILES string of the molecule is CC(C)CCCCCCCc1cn[nH]n1. The van der Waals surface area contributed by atoms with Crippen LogP contribution in [0.15, 0.2) is 6.20 Å². The van der Waals surface area contributed by atoms with Gasteiger partial charge in [0.2, 0.25) is 0 Å². The van der Waals surface area contributed by atoms with Gasteiger partial charge in [-0.2, -0.15) is 15.4 Å². The fraction of sp³-hybridized carbons (Fsp3) is 0.833. The lowest BCUT2D eigenvalue weighted by Crippen LogP contribution is -1.89. The van der Waals surface area contributed by atoms with Gasteiger partial charge in [-0.25, -0.2) is 0 Å².